The van der Waals surface area contributed by atoms with E-state index in [2.05, 4.69) is 0 Å². The molecule has 1 aliphatic rings. The molecule has 0 aromatic heterocycles. The van der Waals surface area contributed by atoms with Crippen molar-refractivity contribution in [1.29, 1.82) is 0 Å². The molecule has 1 unspecified atom stereocenters. The molecule has 9 heavy (non-hydrogen) atoms. The van der Waals surface area contributed by atoms with Crippen molar-refractivity contribution in [3.05, 3.63) is 24.3 Å². The quantitative estimate of drug-likeness (QED) is 0.451. The summed E-state index contributed by atoms with van der Waals surface area (Å²) in [6.45, 7) is 1.82. The normalized spacial score (nSPS) is 25.4. The van der Waals surface area contributed by atoms with Gasteiger partial charge in [-0.2, -0.15) is 0 Å². The average Bonchev–Trinajstić information content (AvgIpc) is 1.93. The lowest BCUT2D eigenvalue weighted by molar-refractivity contribution is -0.140. The zero-order valence-electron chi connectivity index (χ0n) is 5.20. The molecule has 48 valence electrons. The molecule has 0 fully saturated rings. The molecule has 0 bridgehead atoms. The molecule has 0 aromatic carbocycles. The molecule has 0 aliphatic carbocycles. The van der Waals surface area contributed by atoms with Gasteiger partial charge in [0, 0.05) is 6.08 Å². The first-order valence-corrected chi connectivity index (χ1v) is 2.84. The molecule has 0 aromatic rings. The summed E-state index contributed by atoms with van der Waals surface area (Å²) in [4.78, 5) is 10.5. The minimum absolute atomic E-state index is 0.0903. The van der Waals surface area contributed by atoms with Crippen LogP contribution in [0.2, 0.25) is 0 Å². The lowest BCUT2D eigenvalue weighted by atomic mass is 10.3. The maximum absolute atomic E-state index is 10.5. The van der Waals surface area contributed by atoms with Gasteiger partial charge in [-0.15, -0.1) is 0 Å². The predicted octanol–water partition coefficient (Wildman–Crippen LogP) is 1.04. The van der Waals surface area contributed by atoms with Crippen molar-refractivity contribution >= 4 is 5.97 Å². The largest absolute Gasteiger partial charge is 0.455 e. The molecule has 2 heteroatoms. The average molecular weight is 124 g/mol. The zero-order valence-corrected chi connectivity index (χ0v) is 5.20. The second-order valence-electron chi connectivity index (χ2n) is 1.89. The molecule has 1 rings (SSSR count). The monoisotopic (exact) mass is 124 g/mol. The number of carbonyl (C=O) groups excluding carboxylic acids is 1. The summed E-state index contributed by atoms with van der Waals surface area (Å²) in [5.74, 6) is -0.271. The number of esters is 1. The van der Waals surface area contributed by atoms with Gasteiger partial charge in [0.15, 0.2) is 0 Å². The first-order chi connectivity index (χ1) is 4.29. The summed E-state index contributed by atoms with van der Waals surface area (Å²) in [7, 11) is 0. The Morgan fingerprint density at radius 3 is 3.11 bits per heavy atom. The smallest absolute Gasteiger partial charge is 0.331 e. The first kappa shape index (κ1) is 6.08. The standard InChI is InChI=1S/C7H8O2/c1-6-4-2-3-5-7(8)9-6/h2-6H,1H3. The Kier molecular flexibility index (Phi) is 1.68. The SMILES string of the molecule is CC1C=CC=CC(=O)O1. The lowest BCUT2D eigenvalue weighted by Gasteiger charge is -2.02. The van der Waals surface area contributed by atoms with Crippen molar-refractivity contribution in [2.45, 2.75) is 13.0 Å². The van der Waals surface area contributed by atoms with Crippen LogP contribution >= 0.6 is 0 Å². The molecule has 0 radical (unpaired) electrons. The van der Waals surface area contributed by atoms with Gasteiger partial charge in [-0.25, -0.2) is 4.79 Å². The Labute approximate surface area is 53.8 Å². The number of hydrogen-bond acceptors (Lipinski definition) is 2. The number of hydrogen-bond donors (Lipinski definition) is 0. The van der Waals surface area contributed by atoms with Crippen LogP contribution in [0.5, 0.6) is 0 Å². The summed E-state index contributed by atoms with van der Waals surface area (Å²) in [6.07, 6.45) is 6.61. The summed E-state index contributed by atoms with van der Waals surface area (Å²) in [5.41, 5.74) is 0. The Morgan fingerprint density at radius 1 is 1.56 bits per heavy atom. The summed E-state index contributed by atoms with van der Waals surface area (Å²) < 4.78 is 4.80. The van der Waals surface area contributed by atoms with Crippen LogP contribution in [0.1, 0.15) is 6.92 Å². The third-order valence-corrected chi connectivity index (χ3v) is 1.03. The van der Waals surface area contributed by atoms with E-state index in [1.54, 1.807) is 12.2 Å². The molecular weight excluding hydrogens is 116 g/mol. The maximum Gasteiger partial charge on any atom is 0.331 e. The van der Waals surface area contributed by atoms with E-state index >= 15 is 0 Å². The van der Waals surface area contributed by atoms with Crippen LogP contribution in [0, 0.1) is 0 Å². The van der Waals surface area contributed by atoms with E-state index in [9.17, 15) is 4.79 Å². The molecule has 1 atom stereocenters. The van der Waals surface area contributed by atoms with Gasteiger partial charge in [-0.3, -0.25) is 0 Å². The molecule has 2 nitrogen and oxygen atoms in total. The van der Waals surface area contributed by atoms with Crippen LogP contribution in [-0.4, -0.2) is 12.1 Å². The van der Waals surface area contributed by atoms with E-state index in [1.807, 2.05) is 13.0 Å². The van der Waals surface area contributed by atoms with Crippen LogP contribution in [0.15, 0.2) is 24.3 Å². The molecular formula is C7H8O2. The summed E-state index contributed by atoms with van der Waals surface area (Å²) >= 11 is 0. The Hall–Kier alpha value is -1.05. The van der Waals surface area contributed by atoms with Gasteiger partial charge in [0.05, 0.1) is 0 Å². The van der Waals surface area contributed by atoms with Gasteiger partial charge >= 0.3 is 5.97 Å². The van der Waals surface area contributed by atoms with Gasteiger partial charge in [0.2, 0.25) is 0 Å². The van der Waals surface area contributed by atoms with Gasteiger partial charge in [0.1, 0.15) is 6.10 Å². The molecule has 0 N–H and O–H groups in total. The van der Waals surface area contributed by atoms with E-state index in [-0.39, 0.29) is 12.1 Å². The molecule has 0 amide bonds. The summed E-state index contributed by atoms with van der Waals surface area (Å²) in [6, 6.07) is 0. The van der Waals surface area contributed by atoms with Crippen LogP contribution < -0.4 is 0 Å². The number of carbonyl (C=O) groups is 1. The second-order valence-corrected chi connectivity index (χ2v) is 1.89. The first-order valence-electron chi connectivity index (χ1n) is 2.84. The molecule has 0 spiro atoms. The highest BCUT2D eigenvalue weighted by molar-refractivity contribution is 5.82. The van der Waals surface area contributed by atoms with Crippen molar-refractivity contribution in [3.63, 3.8) is 0 Å². The van der Waals surface area contributed by atoms with Crippen molar-refractivity contribution in [2.24, 2.45) is 0 Å². The third-order valence-electron chi connectivity index (χ3n) is 1.03. The van der Waals surface area contributed by atoms with Gasteiger partial charge in [-0.05, 0) is 13.0 Å². The number of rotatable bonds is 0. The van der Waals surface area contributed by atoms with Crippen molar-refractivity contribution < 1.29 is 9.53 Å². The van der Waals surface area contributed by atoms with Crippen molar-refractivity contribution in [2.75, 3.05) is 0 Å². The fourth-order valence-electron chi connectivity index (χ4n) is 0.617. The maximum atomic E-state index is 10.5. The van der Waals surface area contributed by atoms with Crippen LogP contribution in [0.4, 0.5) is 0 Å². The van der Waals surface area contributed by atoms with Crippen molar-refractivity contribution in [1.82, 2.24) is 0 Å². The van der Waals surface area contributed by atoms with E-state index in [4.69, 9.17) is 4.74 Å². The van der Waals surface area contributed by atoms with Gasteiger partial charge < -0.3 is 4.74 Å². The lowest BCUT2D eigenvalue weighted by Crippen LogP contribution is -2.08. The van der Waals surface area contributed by atoms with E-state index in [0.29, 0.717) is 0 Å². The molecule has 0 saturated carbocycles. The zero-order chi connectivity index (χ0) is 6.69. The molecule has 1 heterocycles. The predicted molar refractivity (Wildman–Crippen MR) is 33.8 cm³/mol. The Bertz CT molecular complexity index is 168. The minimum atomic E-state index is -0.271. The molecule has 1 aliphatic heterocycles. The summed E-state index contributed by atoms with van der Waals surface area (Å²) in [5, 5.41) is 0. The number of ether oxygens (including phenoxy) is 1. The topological polar surface area (TPSA) is 26.3 Å². The molecule has 0 saturated heterocycles. The van der Waals surface area contributed by atoms with Crippen LogP contribution in [-0.2, 0) is 9.53 Å². The van der Waals surface area contributed by atoms with E-state index < -0.39 is 0 Å². The second kappa shape index (κ2) is 2.49. The Balaban J connectivity index is 2.64. The fraction of sp³-hybridized carbons (Fsp3) is 0.286. The number of allylic oxidation sites excluding steroid dienone is 2. The van der Waals surface area contributed by atoms with Crippen LogP contribution in [0.3, 0.4) is 0 Å². The minimum Gasteiger partial charge on any atom is -0.455 e. The number of cyclic esters (lactones) is 1. The van der Waals surface area contributed by atoms with Gasteiger partial charge in [-0.1, -0.05) is 12.2 Å². The fourth-order valence-corrected chi connectivity index (χ4v) is 0.617. The Morgan fingerprint density at radius 2 is 2.33 bits per heavy atom. The highest BCUT2D eigenvalue weighted by Crippen LogP contribution is 1.98. The highest BCUT2D eigenvalue weighted by Gasteiger charge is 2.03. The van der Waals surface area contributed by atoms with Gasteiger partial charge in [0.25, 0.3) is 0 Å². The van der Waals surface area contributed by atoms with Crippen molar-refractivity contribution in [3.8, 4) is 0 Å². The van der Waals surface area contributed by atoms with Crippen LogP contribution in [0.25, 0.3) is 0 Å². The van der Waals surface area contributed by atoms with E-state index in [1.165, 1.54) is 6.08 Å². The van der Waals surface area contributed by atoms with E-state index in [0.717, 1.165) is 0 Å². The highest BCUT2D eigenvalue weighted by atomic mass is 16.5. The third kappa shape index (κ3) is 1.72.